The highest BCUT2D eigenvalue weighted by Gasteiger charge is 2.40. The van der Waals surface area contributed by atoms with Gasteiger partial charge in [0.2, 0.25) is 0 Å². The van der Waals surface area contributed by atoms with Crippen molar-refractivity contribution in [2.24, 2.45) is 0 Å². The van der Waals surface area contributed by atoms with Gasteiger partial charge in [0.15, 0.2) is 0 Å². The monoisotopic (exact) mass is 351 g/mol. The lowest BCUT2D eigenvalue weighted by molar-refractivity contribution is -0.116. The summed E-state index contributed by atoms with van der Waals surface area (Å²) in [6.07, 6.45) is 0. The number of carbonyl (C=O) groups is 1. The fourth-order valence-corrected chi connectivity index (χ4v) is 4.12. The van der Waals surface area contributed by atoms with Gasteiger partial charge in [-0.1, -0.05) is 46.3 Å². The highest BCUT2D eigenvalue weighted by atomic mass is 79.9. The van der Waals surface area contributed by atoms with E-state index in [1.165, 1.54) is 23.9 Å². The smallest absolute Gasteiger partial charge is 0.252 e. The Morgan fingerprint density at radius 3 is 2.35 bits per heavy atom. The average Bonchev–Trinajstić information content (AvgIpc) is 2.77. The van der Waals surface area contributed by atoms with E-state index in [1.54, 1.807) is 17.0 Å². The lowest BCUT2D eigenvalue weighted by Gasteiger charge is -2.24. The van der Waals surface area contributed by atoms with Crippen molar-refractivity contribution in [2.45, 2.75) is 9.53 Å². The average molecular weight is 352 g/mol. The predicted molar refractivity (Wildman–Crippen MR) is 83.4 cm³/mol. The van der Waals surface area contributed by atoms with Crippen molar-refractivity contribution in [1.29, 1.82) is 0 Å². The molecule has 0 aliphatic carbocycles. The Labute approximate surface area is 129 Å². The van der Waals surface area contributed by atoms with E-state index in [1.807, 2.05) is 30.3 Å². The summed E-state index contributed by atoms with van der Waals surface area (Å²) in [7, 11) is 0. The van der Waals surface area contributed by atoms with E-state index >= 15 is 0 Å². The summed E-state index contributed by atoms with van der Waals surface area (Å²) in [6.45, 7) is 0. The van der Waals surface area contributed by atoms with Gasteiger partial charge in [-0.15, -0.1) is 11.8 Å². The molecule has 0 N–H and O–H groups in total. The molecule has 0 aromatic heterocycles. The zero-order chi connectivity index (χ0) is 14.1. The summed E-state index contributed by atoms with van der Waals surface area (Å²) in [5.74, 6) is -0.324. The molecule has 1 aliphatic heterocycles. The number of hydrogen-bond acceptors (Lipinski definition) is 2. The maximum Gasteiger partial charge on any atom is 0.252 e. The summed E-state index contributed by atoms with van der Waals surface area (Å²) in [4.78, 5) is 14.0. The number of thioether (sulfide) groups is 1. The zero-order valence-corrected chi connectivity index (χ0v) is 12.8. The fourth-order valence-electron chi connectivity index (χ4n) is 2.17. The first-order chi connectivity index (χ1) is 9.66. The number of nitrogens with zero attached hydrogens (tertiary/aromatic N) is 1. The Balaban J connectivity index is 2.01. The third kappa shape index (κ3) is 2.47. The third-order valence-electron chi connectivity index (χ3n) is 3.10. The topological polar surface area (TPSA) is 20.3 Å². The van der Waals surface area contributed by atoms with Crippen LogP contribution < -0.4 is 4.90 Å². The van der Waals surface area contributed by atoms with Crippen LogP contribution in [-0.4, -0.2) is 10.1 Å². The number of rotatable bonds is 2. The molecule has 1 fully saturated rings. The van der Waals surface area contributed by atoms with Gasteiger partial charge in [-0.25, -0.2) is 4.39 Å². The number of alkyl halides is 1. The summed E-state index contributed by atoms with van der Waals surface area (Å²) >= 11 is 4.92. The minimum Gasteiger partial charge on any atom is -0.294 e. The highest BCUT2D eigenvalue weighted by Crippen LogP contribution is 2.47. The molecule has 2 nitrogen and oxygen atoms in total. The fraction of sp³-hybridized carbons (Fsp3) is 0.133. The van der Waals surface area contributed by atoms with Gasteiger partial charge in [-0.3, -0.25) is 9.69 Å². The first-order valence-electron chi connectivity index (χ1n) is 6.10. The molecule has 2 unspecified atom stereocenters. The molecular weight excluding hydrogens is 341 g/mol. The van der Waals surface area contributed by atoms with Crippen molar-refractivity contribution in [3.05, 3.63) is 66.0 Å². The summed E-state index contributed by atoms with van der Waals surface area (Å²) in [5, 5.41) is -0.0986. The summed E-state index contributed by atoms with van der Waals surface area (Å²) in [5.41, 5.74) is 1.76. The van der Waals surface area contributed by atoms with Crippen LogP contribution in [0.1, 0.15) is 10.9 Å². The molecule has 5 heteroatoms. The van der Waals surface area contributed by atoms with E-state index in [-0.39, 0.29) is 21.3 Å². The molecule has 2 atom stereocenters. The van der Waals surface area contributed by atoms with Crippen LogP contribution in [0.25, 0.3) is 0 Å². The van der Waals surface area contributed by atoms with Gasteiger partial charge >= 0.3 is 0 Å². The van der Waals surface area contributed by atoms with E-state index in [2.05, 4.69) is 15.9 Å². The van der Waals surface area contributed by atoms with Crippen LogP contribution in [0.2, 0.25) is 0 Å². The van der Waals surface area contributed by atoms with Crippen LogP contribution in [0, 0.1) is 5.82 Å². The number of halogens is 2. The normalized spacial score (nSPS) is 22.3. The Hall–Kier alpha value is -1.33. The quantitative estimate of drug-likeness (QED) is 0.750. The largest absolute Gasteiger partial charge is 0.294 e. The van der Waals surface area contributed by atoms with Crippen LogP contribution in [0.5, 0.6) is 0 Å². The molecule has 2 aromatic rings. The van der Waals surface area contributed by atoms with Crippen molar-refractivity contribution in [3.8, 4) is 0 Å². The molecule has 0 radical (unpaired) electrons. The van der Waals surface area contributed by atoms with Crippen LogP contribution in [0.3, 0.4) is 0 Å². The Bertz CT molecular complexity index is 620. The van der Waals surface area contributed by atoms with Crippen LogP contribution in [0.15, 0.2) is 54.6 Å². The summed E-state index contributed by atoms with van der Waals surface area (Å²) in [6, 6.07) is 15.8. The van der Waals surface area contributed by atoms with Crippen molar-refractivity contribution in [1.82, 2.24) is 0 Å². The van der Waals surface area contributed by atoms with Crippen LogP contribution in [0.4, 0.5) is 10.1 Å². The van der Waals surface area contributed by atoms with Gasteiger partial charge in [0.05, 0.1) is 0 Å². The maximum absolute atomic E-state index is 13.0. The molecule has 1 saturated heterocycles. The predicted octanol–water partition coefficient (Wildman–Crippen LogP) is 4.33. The number of carbonyl (C=O) groups excluding carboxylic acids is 1. The molecule has 102 valence electrons. The van der Waals surface area contributed by atoms with Gasteiger partial charge in [-0.05, 0) is 29.8 Å². The SMILES string of the molecule is O=C1C(Br)SC(c2ccccc2)N1c1ccc(F)cc1. The van der Waals surface area contributed by atoms with Crippen molar-refractivity contribution in [3.63, 3.8) is 0 Å². The second kappa shape index (κ2) is 5.58. The first-order valence-corrected chi connectivity index (χ1v) is 7.96. The van der Waals surface area contributed by atoms with E-state index in [4.69, 9.17) is 0 Å². The Morgan fingerprint density at radius 2 is 1.70 bits per heavy atom. The van der Waals surface area contributed by atoms with Crippen LogP contribution in [-0.2, 0) is 4.79 Å². The third-order valence-corrected chi connectivity index (χ3v) is 5.32. The lowest BCUT2D eigenvalue weighted by atomic mass is 10.2. The van der Waals surface area contributed by atoms with Gasteiger partial charge < -0.3 is 0 Å². The van der Waals surface area contributed by atoms with Gasteiger partial charge in [0.1, 0.15) is 15.4 Å². The second-order valence-corrected chi connectivity index (χ2v) is 7.11. The van der Waals surface area contributed by atoms with Crippen molar-refractivity contribution >= 4 is 39.3 Å². The molecule has 1 amide bonds. The lowest BCUT2D eigenvalue weighted by Crippen LogP contribution is -2.29. The minimum absolute atomic E-state index is 0.0181. The Kier molecular flexibility index (Phi) is 3.81. The maximum atomic E-state index is 13.0. The summed E-state index contributed by atoms with van der Waals surface area (Å²) < 4.78 is 12.8. The standard InChI is InChI=1S/C15H11BrFNOS/c16-13-14(19)18(12-8-6-11(17)7-9-12)15(20-13)10-4-2-1-3-5-10/h1-9,13,15H. The molecule has 20 heavy (non-hydrogen) atoms. The number of amides is 1. The van der Waals surface area contributed by atoms with E-state index in [0.29, 0.717) is 5.69 Å². The van der Waals surface area contributed by atoms with Gasteiger partial charge in [0.25, 0.3) is 5.91 Å². The van der Waals surface area contributed by atoms with Crippen molar-refractivity contribution < 1.29 is 9.18 Å². The molecule has 0 bridgehead atoms. The minimum atomic E-state index is -0.306. The van der Waals surface area contributed by atoms with Gasteiger partial charge in [-0.2, -0.15) is 0 Å². The molecule has 1 heterocycles. The van der Waals surface area contributed by atoms with Crippen LogP contribution >= 0.6 is 27.7 Å². The molecule has 1 aliphatic rings. The van der Waals surface area contributed by atoms with Crippen molar-refractivity contribution in [2.75, 3.05) is 4.90 Å². The van der Waals surface area contributed by atoms with E-state index in [0.717, 1.165) is 5.56 Å². The molecule has 3 rings (SSSR count). The number of benzene rings is 2. The second-order valence-electron chi connectivity index (χ2n) is 4.40. The molecule has 2 aromatic carbocycles. The van der Waals surface area contributed by atoms with E-state index < -0.39 is 0 Å². The Morgan fingerprint density at radius 1 is 1.05 bits per heavy atom. The number of anilines is 1. The molecule has 0 saturated carbocycles. The van der Waals surface area contributed by atoms with Gasteiger partial charge in [0, 0.05) is 5.69 Å². The van der Waals surface area contributed by atoms with E-state index in [9.17, 15) is 9.18 Å². The number of hydrogen-bond donors (Lipinski definition) is 0. The zero-order valence-electron chi connectivity index (χ0n) is 10.4. The highest BCUT2D eigenvalue weighted by molar-refractivity contribution is 9.11. The molecule has 0 spiro atoms. The molecular formula is C15H11BrFNOS. The first kappa shape index (κ1) is 13.6.